The standard InChI is InChI=1S/C15H20O2S2/c1-3-14-15(19-8-7-18-14)13(16)10-11-5-4-6-12(9-11)17-2/h4-6,9,14-15H,3,7-8,10H2,1-2H3. The molecule has 2 rings (SSSR count). The third kappa shape index (κ3) is 3.93. The predicted octanol–water partition coefficient (Wildman–Crippen LogP) is 3.43. The third-order valence-corrected chi connectivity index (χ3v) is 6.58. The highest BCUT2D eigenvalue weighted by atomic mass is 32.2. The summed E-state index contributed by atoms with van der Waals surface area (Å²) in [4.78, 5) is 12.5. The van der Waals surface area contributed by atoms with Crippen LogP contribution in [0.4, 0.5) is 0 Å². The first kappa shape index (κ1) is 14.8. The molecule has 4 heteroatoms. The highest BCUT2D eigenvalue weighted by Crippen LogP contribution is 2.34. The first-order valence-corrected chi connectivity index (χ1v) is 8.73. The van der Waals surface area contributed by atoms with Crippen LogP contribution in [0.2, 0.25) is 0 Å². The Morgan fingerprint density at radius 2 is 2.16 bits per heavy atom. The summed E-state index contributed by atoms with van der Waals surface area (Å²) in [6, 6.07) is 7.82. The van der Waals surface area contributed by atoms with E-state index in [2.05, 4.69) is 6.92 Å². The second-order valence-electron chi connectivity index (χ2n) is 4.60. The first-order valence-electron chi connectivity index (χ1n) is 6.63. The first-order chi connectivity index (χ1) is 9.24. The SMILES string of the molecule is CCC1SCCSC1C(=O)Cc1cccc(OC)c1. The van der Waals surface area contributed by atoms with E-state index in [0.717, 1.165) is 23.5 Å². The Bertz CT molecular complexity index is 434. The predicted molar refractivity (Wildman–Crippen MR) is 84.5 cm³/mol. The van der Waals surface area contributed by atoms with Crippen molar-refractivity contribution in [2.75, 3.05) is 18.6 Å². The summed E-state index contributed by atoms with van der Waals surface area (Å²) in [5, 5.41) is 0.645. The largest absolute Gasteiger partial charge is 0.497 e. The van der Waals surface area contributed by atoms with Crippen molar-refractivity contribution >= 4 is 29.3 Å². The van der Waals surface area contributed by atoms with Crippen molar-refractivity contribution in [3.63, 3.8) is 0 Å². The molecule has 1 aliphatic rings. The van der Waals surface area contributed by atoms with Crippen molar-refractivity contribution in [1.82, 2.24) is 0 Å². The molecule has 0 saturated carbocycles. The van der Waals surface area contributed by atoms with Gasteiger partial charge in [0.25, 0.3) is 0 Å². The lowest BCUT2D eigenvalue weighted by Crippen LogP contribution is -2.33. The zero-order valence-electron chi connectivity index (χ0n) is 11.4. The van der Waals surface area contributed by atoms with Gasteiger partial charge in [-0.2, -0.15) is 11.8 Å². The molecule has 0 bridgehead atoms. The van der Waals surface area contributed by atoms with Crippen molar-refractivity contribution < 1.29 is 9.53 Å². The molecule has 0 radical (unpaired) electrons. The van der Waals surface area contributed by atoms with Gasteiger partial charge in [-0.05, 0) is 24.1 Å². The highest BCUT2D eigenvalue weighted by molar-refractivity contribution is 8.07. The van der Waals surface area contributed by atoms with Gasteiger partial charge in [-0.25, -0.2) is 0 Å². The maximum absolute atomic E-state index is 12.5. The molecule has 19 heavy (non-hydrogen) atoms. The van der Waals surface area contributed by atoms with Crippen LogP contribution >= 0.6 is 23.5 Å². The average Bonchev–Trinajstić information content (AvgIpc) is 2.47. The van der Waals surface area contributed by atoms with E-state index >= 15 is 0 Å². The number of thioether (sulfide) groups is 2. The van der Waals surface area contributed by atoms with E-state index in [-0.39, 0.29) is 5.25 Å². The van der Waals surface area contributed by atoms with Crippen LogP contribution < -0.4 is 4.74 Å². The Hall–Kier alpha value is -0.610. The fourth-order valence-corrected chi connectivity index (χ4v) is 5.32. The molecule has 1 aliphatic heterocycles. The molecule has 1 heterocycles. The van der Waals surface area contributed by atoms with Gasteiger partial charge in [0.2, 0.25) is 0 Å². The number of methoxy groups -OCH3 is 1. The third-order valence-electron chi connectivity index (χ3n) is 3.28. The van der Waals surface area contributed by atoms with Crippen molar-refractivity contribution in [1.29, 1.82) is 0 Å². The van der Waals surface area contributed by atoms with Gasteiger partial charge in [-0.1, -0.05) is 19.1 Å². The fourth-order valence-electron chi connectivity index (χ4n) is 2.29. The summed E-state index contributed by atoms with van der Waals surface area (Å²) in [5.41, 5.74) is 1.05. The molecule has 2 atom stereocenters. The summed E-state index contributed by atoms with van der Waals surface area (Å²) in [6.07, 6.45) is 1.60. The van der Waals surface area contributed by atoms with Gasteiger partial charge < -0.3 is 4.74 Å². The topological polar surface area (TPSA) is 26.3 Å². The number of hydrogen-bond donors (Lipinski definition) is 0. The Kier molecular flexibility index (Phi) is 5.64. The molecule has 104 valence electrons. The van der Waals surface area contributed by atoms with E-state index in [1.54, 1.807) is 7.11 Å². The smallest absolute Gasteiger partial charge is 0.151 e. The molecule has 0 amide bonds. The number of carbonyl (C=O) groups excluding carboxylic acids is 1. The maximum atomic E-state index is 12.5. The van der Waals surface area contributed by atoms with Gasteiger partial charge in [-0.3, -0.25) is 4.79 Å². The van der Waals surface area contributed by atoms with Crippen LogP contribution in [-0.4, -0.2) is 34.9 Å². The number of Topliss-reactive ketones (excluding diaryl/α,β-unsaturated/α-hetero) is 1. The minimum Gasteiger partial charge on any atom is -0.497 e. The highest BCUT2D eigenvalue weighted by Gasteiger charge is 2.30. The minimum atomic E-state index is 0.162. The van der Waals surface area contributed by atoms with Crippen molar-refractivity contribution in [2.24, 2.45) is 0 Å². The van der Waals surface area contributed by atoms with Crippen LogP contribution in [0.3, 0.4) is 0 Å². The molecule has 0 aromatic heterocycles. The van der Waals surface area contributed by atoms with Crippen LogP contribution in [0, 0.1) is 0 Å². The maximum Gasteiger partial charge on any atom is 0.151 e. The summed E-state index contributed by atoms with van der Waals surface area (Å²) in [7, 11) is 1.65. The zero-order chi connectivity index (χ0) is 13.7. The van der Waals surface area contributed by atoms with E-state index in [0.29, 0.717) is 17.5 Å². The molecule has 1 aromatic rings. The van der Waals surface area contributed by atoms with E-state index in [4.69, 9.17) is 4.74 Å². The van der Waals surface area contributed by atoms with Gasteiger partial charge in [0.05, 0.1) is 12.4 Å². The normalized spacial score (nSPS) is 23.1. The lowest BCUT2D eigenvalue weighted by atomic mass is 10.0. The lowest BCUT2D eigenvalue weighted by Gasteiger charge is -2.28. The molecular formula is C15H20O2S2. The van der Waals surface area contributed by atoms with Gasteiger partial charge in [-0.15, -0.1) is 11.8 Å². The molecule has 2 unspecified atom stereocenters. The van der Waals surface area contributed by atoms with Gasteiger partial charge >= 0.3 is 0 Å². The molecule has 0 spiro atoms. The summed E-state index contributed by atoms with van der Waals surface area (Å²) in [5.74, 6) is 3.45. The summed E-state index contributed by atoms with van der Waals surface area (Å²) >= 11 is 3.78. The van der Waals surface area contributed by atoms with Gasteiger partial charge in [0.1, 0.15) is 5.75 Å². The number of hydrogen-bond acceptors (Lipinski definition) is 4. The lowest BCUT2D eigenvalue weighted by molar-refractivity contribution is -0.117. The van der Waals surface area contributed by atoms with Gasteiger partial charge in [0, 0.05) is 23.2 Å². The van der Waals surface area contributed by atoms with E-state index in [1.165, 1.54) is 5.75 Å². The Morgan fingerprint density at radius 3 is 2.89 bits per heavy atom. The van der Waals surface area contributed by atoms with Crippen LogP contribution in [0.15, 0.2) is 24.3 Å². The summed E-state index contributed by atoms with van der Waals surface area (Å²) in [6.45, 7) is 2.18. The molecule has 1 fully saturated rings. The van der Waals surface area contributed by atoms with Crippen molar-refractivity contribution in [3.8, 4) is 5.75 Å². The summed E-state index contributed by atoms with van der Waals surface area (Å²) < 4.78 is 5.20. The van der Waals surface area contributed by atoms with Gasteiger partial charge in [0.15, 0.2) is 5.78 Å². The Morgan fingerprint density at radius 1 is 1.37 bits per heavy atom. The van der Waals surface area contributed by atoms with Crippen LogP contribution in [0.1, 0.15) is 18.9 Å². The number of rotatable bonds is 5. The Balaban J connectivity index is 2.02. The average molecular weight is 296 g/mol. The minimum absolute atomic E-state index is 0.162. The van der Waals surface area contributed by atoms with Crippen LogP contribution in [0.5, 0.6) is 5.75 Å². The fraction of sp³-hybridized carbons (Fsp3) is 0.533. The van der Waals surface area contributed by atoms with Crippen LogP contribution in [-0.2, 0) is 11.2 Å². The number of ketones is 1. The molecular weight excluding hydrogens is 276 g/mol. The van der Waals surface area contributed by atoms with Crippen molar-refractivity contribution in [3.05, 3.63) is 29.8 Å². The quantitative estimate of drug-likeness (QED) is 0.831. The molecule has 0 aliphatic carbocycles. The van der Waals surface area contributed by atoms with Crippen molar-refractivity contribution in [2.45, 2.75) is 30.3 Å². The zero-order valence-corrected chi connectivity index (χ0v) is 13.1. The van der Waals surface area contributed by atoms with Crippen LogP contribution in [0.25, 0.3) is 0 Å². The van der Waals surface area contributed by atoms with E-state index in [1.807, 2.05) is 47.8 Å². The number of ether oxygens (including phenoxy) is 1. The van der Waals surface area contributed by atoms with E-state index < -0.39 is 0 Å². The van der Waals surface area contributed by atoms with E-state index in [9.17, 15) is 4.79 Å². The molecule has 1 saturated heterocycles. The molecule has 0 N–H and O–H groups in total. The number of carbonyl (C=O) groups is 1. The molecule has 2 nitrogen and oxygen atoms in total. The molecule has 1 aromatic carbocycles. The number of benzene rings is 1. The second kappa shape index (κ2) is 7.25. The monoisotopic (exact) mass is 296 g/mol. The Labute approximate surface area is 123 Å². The second-order valence-corrected chi connectivity index (χ2v) is 7.20.